The van der Waals surface area contributed by atoms with Gasteiger partial charge in [0.2, 0.25) is 0 Å². The number of rotatable bonds is 20. The van der Waals surface area contributed by atoms with Crippen LogP contribution in [-0.2, 0) is 0 Å². The summed E-state index contributed by atoms with van der Waals surface area (Å²) in [6.07, 6.45) is 15.9. The van der Waals surface area contributed by atoms with Crippen molar-refractivity contribution >= 4 is 70.1 Å². The topological polar surface area (TPSA) is 77.3 Å². The molecular weight excluding hydrogens is 749 g/mol. The van der Waals surface area contributed by atoms with Crippen molar-refractivity contribution in [3.63, 3.8) is 0 Å². The van der Waals surface area contributed by atoms with Crippen LogP contribution in [0.3, 0.4) is 0 Å². The van der Waals surface area contributed by atoms with E-state index >= 15 is 0 Å². The van der Waals surface area contributed by atoms with Crippen molar-refractivity contribution in [3.05, 3.63) is 81.1 Å². The maximum atomic E-state index is 11.4. The maximum Gasteiger partial charge on any atom is 0.162 e. The van der Waals surface area contributed by atoms with Gasteiger partial charge in [0.15, 0.2) is 24.1 Å². The van der Waals surface area contributed by atoms with Gasteiger partial charge in [0.25, 0.3) is 0 Å². The number of hydrogen-bond acceptors (Lipinski definition) is 10. The molecule has 0 N–H and O–H groups in total. The summed E-state index contributed by atoms with van der Waals surface area (Å²) in [6, 6.07) is 20.4. The van der Waals surface area contributed by atoms with Crippen LogP contribution in [0.2, 0.25) is 0 Å². The minimum absolute atomic E-state index is 0.601. The Morgan fingerprint density at radius 2 is 0.963 bits per heavy atom. The van der Waals surface area contributed by atoms with Gasteiger partial charge in [-0.25, -0.2) is 9.98 Å². The van der Waals surface area contributed by atoms with Gasteiger partial charge in [-0.1, -0.05) is 114 Å². The minimum Gasteiger partial charge on any atom is -0.490 e. The molecule has 10 heteroatoms. The zero-order valence-electron chi connectivity index (χ0n) is 31.0. The fourth-order valence-electron chi connectivity index (χ4n) is 6.70. The van der Waals surface area contributed by atoms with Crippen LogP contribution in [0.1, 0.15) is 110 Å². The molecule has 4 heterocycles. The highest BCUT2D eigenvalue weighted by Crippen LogP contribution is 2.48. The fraction of sp³-hybridized carbons (Fsp3) is 0.364. The van der Waals surface area contributed by atoms with Gasteiger partial charge in [-0.3, -0.25) is 9.59 Å². The Labute approximate surface area is 334 Å². The summed E-state index contributed by atoms with van der Waals surface area (Å²) in [5.74, 6) is 1.53. The van der Waals surface area contributed by atoms with Crippen molar-refractivity contribution in [2.24, 2.45) is 9.98 Å². The van der Waals surface area contributed by atoms with Crippen molar-refractivity contribution in [2.45, 2.75) is 110 Å². The van der Waals surface area contributed by atoms with E-state index in [-0.39, 0.29) is 0 Å². The molecule has 0 amide bonds. The van der Waals surface area contributed by atoms with Gasteiger partial charge in [0.05, 0.1) is 44.1 Å². The van der Waals surface area contributed by atoms with Crippen molar-refractivity contribution in [1.29, 1.82) is 0 Å². The summed E-state index contributed by atoms with van der Waals surface area (Å²) >= 11 is 6.33. The summed E-state index contributed by atoms with van der Waals surface area (Å²) < 4.78 is 13.6. The maximum absolute atomic E-state index is 11.4. The first-order valence-electron chi connectivity index (χ1n) is 19.3. The number of unbranched alkanes of at least 4 members (excludes halogenated alkanes) is 10. The number of carbonyl (C=O) groups excluding carboxylic acids is 2. The third-order valence-electron chi connectivity index (χ3n) is 9.62. The number of ether oxygens (including phenoxy) is 2. The first kappa shape index (κ1) is 38.6. The third kappa shape index (κ3) is 8.88. The molecule has 0 radical (unpaired) electrons. The summed E-state index contributed by atoms with van der Waals surface area (Å²) in [5, 5.41) is 1.61. The van der Waals surface area contributed by atoms with Gasteiger partial charge in [0, 0.05) is 19.5 Å². The molecule has 0 saturated heterocycles. The number of hydrogen-bond donors (Lipinski definition) is 0. The highest BCUT2D eigenvalue weighted by atomic mass is 32.2. The van der Waals surface area contributed by atoms with E-state index in [0.29, 0.717) is 23.0 Å². The van der Waals surface area contributed by atoms with Crippen LogP contribution < -0.4 is 20.2 Å². The van der Waals surface area contributed by atoms with Crippen LogP contribution in [-0.4, -0.2) is 25.8 Å². The van der Waals surface area contributed by atoms with Crippen molar-refractivity contribution in [1.82, 2.24) is 0 Å². The molecule has 0 spiro atoms. The van der Waals surface area contributed by atoms with Gasteiger partial charge in [-0.05, 0) is 72.5 Å². The van der Waals surface area contributed by atoms with E-state index in [4.69, 9.17) is 19.5 Å². The molecule has 0 bridgehead atoms. The van der Waals surface area contributed by atoms with Gasteiger partial charge < -0.3 is 9.47 Å². The molecule has 0 aliphatic carbocycles. The van der Waals surface area contributed by atoms with E-state index in [1.54, 1.807) is 23.5 Å². The van der Waals surface area contributed by atoms with E-state index in [1.165, 1.54) is 74.0 Å². The molecule has 5 aromatic rings. The van der Waals surface area contributed by atoms with Crippen LogP contribution in [0.4, 0.5) is 11.4 Å². The number of thiophene rings is 2. The Hall–Kier alpha value is -3.70. The van der Waals surface area contributed by atoms with Gasteiger partial charge in [0.1, 0.15) is 10.7 Å². The van der Waals surface area contributed by atoms with Crippen molar-refractivity contribution in [3.8, 4) is 32.4 Å². The zero-order valence-corrected chi connectivity index (χ0v) is 34.3. The smallest absolute Gasteiger partial charge is 0.162 e. The molecular formula is C44H46N2O4S4. The Balaban J connectivity index is 1.30. The lowest BCUT2D eigenvalue weighted by Crippen LogP contribution is -2.26. The van der Waals surface area contributed by atoms with E-state index in [2.05, 4.69) is 50.2 Å². The average Bonchev–Trinajstić information content (AvgIpc) is 3.90. The molecule has 2 aliphatic heterocycles. The largest absolute Gasteiger partial charge is 0.490 e. The number of benzene rings is 3. The highest BCUT2D eigenvalue weighted by Gasteiger charge is 2.29. The molecule has 54 heavy (non-hydrogen) atoms. The molecule has 0 unspecified atom stereocenters. The lowest BCUT2D eigenvalue weighted by molar-refractivity contribution is 0.111. The van der Waals surface area contributed by atoms with Crippen LogP contribution in [0, 0.1) is 0 Å². The standard InChI is InChI=1S/C44H46N2O4S4/c1-3-5-7-9-11-13-23-49-41-39-44(54-38-26-30(15-19-33(38)45-39)36-22-18-32(28-48)52-36)42(50-24-14-12-10-8-6-4-2)40-43(41)53-37-25-29(16-20-34(37)46-40)35-21-17-31(27-47)51-35/h15-22,25-28H,3-14,23-24H2,1-2H3. The Morgan fingerprint density at radius 3 is 1.37 bits per heavy atom. The minimum atomic E-state index is 0.601. The third-order valence-corrected chi connectivity index (χ3v) is 14.0. The number of fused-ring (bicyclic) bond motifs is 4. The molecule has 0 atom stereocenters. The lowest BCUT2D eigenvalue weighted by atomic mass is 10.1. The Morgan fingerprint density at radius 1 is 0.537 bits per heavy atom. The lowest BCUT2D eigenvalue weighted by Gasteiger charge is -2.24. The van der Waals surface area contributed by atoms with Crippen molar-refractivity contribution < 1.29 is 19.1 Å². The first-order valence-corrected chi connectivity index (χ1v) is 22.5. The summed E-state index contributed by atoms with van der Waals surface area (Å²) in [6.45, 7) is 5.69. The number of carbonyl (C=O) groups is 2. The van der Waals surface area contributed by atoms with Crippen LogP contribution in [0.25, 0.3) is 20.9 Å². The Bertz CT molecular complexity index is 2080. The summed E-state index contributed by atoms with van der Waals surface area (Å²) in [4.78, 5) is 41.0. The second-order valence-electron chi connectivity index (χ2n) is 13.7. The number of nitrogens with zero attached hydrogens (tertiary/aromatic N) is 2. The molecule has 7 rings (SSSR count). The molecule has 280 valence electrons. The molecule has 2 aliphatic rings. The van der Waals surface area contributed by atoms with Gasteiger partial charge >= 0.3 is 0 Å². The second kappa shape index (κ2) is 18.8. The average molecular weight is 795 g/mol. The van der Waals surface area contributed by atoms with Crippen LogP contribution in [0.5, 0.6) is 11.5 Å². The molecule has 2 aromatic heterocycles. The number of aldehydes is 2. The van der Waals surface area contributed by atoms with E-state index in [9.17, 15) is 9.59 Å². The molecule has 6 nitrogen and oxygen atoms in total. The first-order chi connectivity index (χ1) is 26.6. The molecule has 0 fully saturated rings. The van der Waals surface area contributed by atoms with Crippen molar-refractivity contribution in [2.75, 3.05) is 13.2 Å². The monoisotopic (exact) mass is 794 g/mol. The molecule has 3 aromatic carbocycles. The van der Waals surface area contributed by atoms with E-state index < -0.39 is 0 Å². The van der Waals surface area contributed by atoms with Crippen LogP contribution >= 0.6 is 46.2 Å². The summed E-state index contributed by atoms with van der Waals surface area (Å²) in [5.41, 5.74) is 3.89. The second-order valence-corrected chi connectivity index (χ2v) is 18.0. The van der Waals surface area contributed by atoms with Gasteiger partial charge in [-0.2, -0.15) is 0 Å². The van der Waals surface area contributed by atoms with Crippen LogP contribution in [0.15, 0.2) is 90.2 Å². The highest BCUT2D eigenvalue weighted by molar-refractivity contribution is 8.00. The molecule has 0 saturated carbocycles. The normalized spacial score (nSPS) is 12.5. The Kier molecular flexibility index (Phi) is 13.4. The quantitative estimate of drug-likeness (QED) is 0.0565. The van der Waals surface area contributed by atoms with E-state index in [1.807, 2.05) is 24.3 Å². The predicted octanol–water partition coefficient (Wildman–Crippen LogP) is 13.1. The fourth-order valence-corrected chi connectivity index (χ4v) is 10.5. The zero-order chi connectivity index (χ0) is 37.3. The van der Waals surface area contributed by atoms with Gasteiger partial charge in [-0.15, -0.1) is 22.7 Å². The predicted molar refractivity (Wildman–Crippen MR) is 224 cm³/mol. The SMILES string of the molecule is CCCCCCCCOc1c2c(c(OCCCCCCCC)c3c1=Nc1ccc(-c4ccc(C=O)s4)cc1S3)=Nc1ccc(-c3ccc(C=O)s3)cc1S2. The van der Waals surface area contributed by atoms with E-state index in [0.717, 1.165) is 112 Å². The summed E-state index contributed by atoms with van der Waals surface area (Å²) in [7, 11) is 0.